The fourth-order valence-corrected chi connectivity index (χ4v) is 2.57. The molecule has 4 nitrogen and oxygen atoms in total. The summed E-state index contributed by atoms with van der Waals surface area (Å²) in [6.45, 7) is -0.276. The van der Waals surface area contributed by atoms with Crippen molar-refractivity contribution in [2.45, 2.75) is 20.1 Å². The van der Waals surface area contributed by atoms with Gasteiger partial charge in [-0.05, 0) is 55.4 Å². The predicted octanol–water partition coefficient (Wildman–Crippen LogP) is 4.32. The minimum atomic E-state index is -2.84. The molecule has 0 radical (unpaired) electrons. The summed E-state index contributed by atoms with van der Waals surface area (Å²) in [5, 5.41) is 3.46. The fraction of sp³-hybridized carbons (Fsp3) is 0.278. The van der Waals surface area contributed by atoms with Gasteiger partial charge in [-0.3, -0.25) is 9.69 Å². The molecule has 2 rings (SSSR count). The van der Waals surface area contributed by atoms with Gasteiger partial charge in [0.25, 0.3) is 0 Å². The lowest BCUT2D eigenvalue weighted by atomic mass is 10.2. The molecule has 134 valence electrons. The van der Waals surface area contributed by atoms with Crippen LogP contribution in [0.25, 0.3) is 0 Å². The standard InChI is InChI=1S/C18H19ClF2N2O2/c1-12-9-14(19)5-8-16(12)22-17(24)11-23(2)10-13-3-6-15(7-4-13)25-18(20)21/h3-9,18H,10-11H2,1-2H3,(H,22,24). The molecule has 2 aromatic carbocycles. The number of ether oxygens (including phenoxy) is 1. The Morgan fingerprint density at radius 3 is 2.52 bits per heavy atom. The maximum absolute atomic E-state index is 12.1. The number of carbonyl (C=O) groups excluding carboxylic acids is 1. The van der Waals surface area contributed by atoms with Crippen LogP contribution in [0.2, 0.25) is 5.02 Å². The number of aryl methyl sites for hydroxylation is 1. The van der Waals surface area contributed by atoms with Crippen LogP contribution in [0.5, 0.6) is 5.75 Å². The van der Waals surface area contributed by atoms with E-state index < -0.39 is 6.61 Å². The zero-order valence-corrected chi connectivity index (χ0v) is 14.7. The van der Waals surface area contributed by atoms with E-state index in [0.29, 0.717) is 11.6 Å². The number of rotatable bonds is 7. The lowest BCUT2D eigenvalue weighted by Gasteiger charge is -2.17. The monoisotopic (exact) mass is 368 g/mol. The maximum atomic E-state index is 12.1. The predicted molar refractivity (Wildman–Crippen MR) is 94.2 cm³/mol. The summed E-state index contributed by atoms with van der Waals surface area (Å²) in [5.41, 5.74) is 2.49. The van der Waals surface area contributed by atoms with Crippen LogP contribution in [0.15, 0.2) is 42.5 Å². The summed E-state index contributed by atoms with van der Waals surface area (Å²) in [6.07, 6.45) is 0. The number of nitrogens with zero attached hydrogens (tertiary/aromatic N) is 1. The van der Waals surface area contributed by atoms with Crippen LogP contribution in [-0.2, 0) is 11.3 Å². The van der Waals surface area contributed by atoms with Gasteiger partial charge in [-0.2, -0.15) is 8.78 Å². The average molecular weight is 369 g/mol. The Bertz CT molecular complexity index is 724. The number of hydrogen-bond donors (Lipinski definition) is 1. The van der Waals surface area contributed by atoms with Gasteiger partial charge in [-0.1, -0.05) is 23.7 Å². The van der Waals surface area contributed by atoms with Crippen molar-refractivity contribution in [2.75, 3.05) is 18.9 Å². The van der Waals surface area contributed by atoms with Crippen LogP contribution in [0.1, 0.15) is 11.1 Å². The highest BCUT2D eigenvalue weighted by atomic mass is 35.5. The normalized spacial score (nSPS) is 11.0. The molecule has 0 atom stereocenters. The highest BCUT2D eigenvalue weighted by molar-refractivity contribution is 6.30. The van der Waals surface area contributed by atoms with E-state index in [4.69, 9.17) is 11.6 Å². The first kappa shape index (κ1) is 19.1. The molecule has 0 fully saturated rings. The molecule has 0 unspecified atom stereocenters. The second kappa shape index (κ2) is 8.78. The molecule has 25 heavy (non-hydrogen) atoms. The van der Waals surface area contributed by atoms with Gasteiger partial charge in [0.15, 0.2) is 0 Å². The zero-order chi connectivity index (χ0) is 18.4. The van der Waals surface area contributed by atoms with Crippen LogP contribution < -0.4 is 10.1 Å². The number of amides is 1. The van der Waals surface area contributed by atoms with Crippen LogP contribution in [0.3, 0.4) is 0 Å². The Hall–Kier alpha value is -2.18. The van der Waals surface area contributed by atoms with E-state index in [9.17, 15) is 13.6 Å². The van der Waals surface area contributed by atoms with E-state index in [1.165, 1.54) is 12.1 Å². The smallest absolute Gasteiger partial charge is 0.387 e. The topological polar surface area (TPSA) is 41.6 Å². The van der Waals surface area contributed by atoms with Crippen molar-refractivity contribution >= 4 is 23.2 Å². The van der Waals surface area contributed by atoms with Crippen molar-refractivity contribution in [1.82, 2.24) is 4.90 Å². The maximum Gasteiger partial charge on any atom is 0.387 e. The summed E-state index contributed by atoms with van der Waals surface area (Å²) in [4.78, 5) is 14.0. The lowest BCUT2D eigenvalue weighted by molar-refractivity contribution is -0.117. The van der Waals surface area contributed by atoms with E-state index in [2.05, 4.69) is 10.1 Å². The molecule has 7 heteroatoms. The summed E-state index contributed by atoms with van der Waals surface area (Å²) < 4.78 is 28.5. The largest absolute Gasteiger partial charge is 0.435 e. The van der Waals surface area contributed by atoms with Crippen LogP contribution in [0, 0.1) is 6.92 Å². The third-order valence-corrected chi connectivity index (χ3v) is 3.71. The van der Waals surface area contributed by atoms with Gasteiger partial charge in [-0.15, -0.1) is 0 Å². The van der Waals surface area contributed by atoms with Crippen molar-refractivity contribution in [3.63, 3.8) is 0 Å². The molecule has 0 heterocycles. The molecular weight excluding hydrogens is 350 g/mol. The quantitative estimate of drug-likeness (QED) is 0.791. The molecule has 0 saturated heterocycles. The highest BCUT2D eigenvalue weighted by Gasteiger charge is 2.10. The molecule has 1 amide bonds. The fourth-order valence-electron chi connectivity index (χ4n) is 2.35. The van der Waals surface area contributed by atoms with Crippen LogP contribution in [0.4, 0.5) is 14.5 Å². The van der Waals surface area contributed by atoms with E-state index in [0.717, 1.165) is 16.8 Å². The minimum absolute atomic E-state index is 0.109. The third kappa shape index (κ3) is 6.32. The van der Waals surface area contributed by atoms with Gasteiger partial charge in [-0.25, -0.2) is 0 Å². The summed E-state index contributed by atoms with van der Waals surface area (Å²) in [6, 6.07) is 11.6. The first-order valence-electron chi connectivity index (χ1n) is 7.62. The highest BCUT2D eigenvalue weighted by Crippen LogP contribution is 2.19. The molecule has 0 aromatic heterocycles. The first-order valence-corrected chi connectivity index (χ1v) is 7.99. The number of likely N-dealkylation sites (N-methyl/N-ethyl adjacent to an activating group) is 1. The van der Waals surface area contributed by atoms with E-state index in [-0.39, 0.29) is 18.2 Å². The third-order valence-electron chi connectivity index (χ3n) is 3.48. The van der Waals surface area contributed by atoms with Crippen molar-refractivity contribution in [3.05, 3.63) is 58.6 Å². The Labute approximate surface area is 150 Å². The molecule has 2 aromatic rings. The van der Waals surface area contributed by atoms with E-state index in [1.54, 1.807) is 37.4 Å². The number of hydrogen-bond acceptors (Lipinski definition) is 3. The lowest BCUT2D eigenvalue weighted by Crippen LogP contribution is -2.30. The number of alkyl halides is 2. The Morgan fingerprint density at radius 1 is 1.24 bits per heavy atom. The van der Waals surface area contributed by atoms with Crippen molar-refractivity contribution < 1.29 is 18.3 Å². The SMILES string of the molecule is Cc1cc(Cl)ccc1NC(=O)CN(C)Cc1ccc(OC(F)F)cc1. The first-order chi connectivity index (χ1) is 11.8. The van der Waals surface area contributed by atoms with Crippen molar-refractivity contribution in [2.24, 2.45) is 0 Å². The van der Waals surface area contributed by atoms with Crippen molar-refractivity contribution in [1.29, 1.82) is 0 Å². The van der Waals surface area contributed by atoms with Gasteiger partial charge < -0.3 is 10.1 Å². The molecular formula is C18H19ClF2N2O2. The molecule has 1 N–H and O–H groups in total. The average Bonchev–Trinajstić information content (AvgIpc) is 2.51. The molecule has 0 saturated carbocycles. The number of nitrogens with one attached hydrogen (secondary N) is 1. The minimum Gasteiger partial charge on any atom is -0.435 e. The molecule has 0 aliphatic carbocycles. The van der Waals surface area contributed by atoms with Gasteiger partial charge in [0, 0.05) is 17.3 Å². The second-order valence-electron chi connectivity index (χ2n) is 5.70. The van der Waals surface area contributed by atoms with Crippen LogP contribution in [-0.4, -0.2) is 31.0 Å². The molecule has 0 aliphatic rings. The summed E-state index contributed by atoms with van der Waals surface area (Å²) in [5.74, 6) is -0.0389. The Morgan fingerprint density at radius 2 is 1.92 bits per heavy atom. The van der Waals surface area contributed by atoms with Gasteiger partial charge in [0.2, 0.25) is 5.91 Å². The van der Waals surface area contributed by atoms with Crippen LogP contribution >= 0.6 is 11.6 Å². The zero-order valence-electron chi connectivity index (χ0n) is 13.9. The summed E-state index contributed by atoms with van der Waals surface area (Å²) in [7, 11) is 1.80. The summed E-state index contributed by atoms with van der Waals surface area (Å²) >= 11 is 5.90. The number of carbonyl (C=O) groups is 1. The Kier molecular flexibility index (Phi) is 6.73. The second-order valence-corrected chi connectivity index (χ2v) is 6.14. The van der Waals surface area contributed by atoms with Crippen molar-refractivity contribution in [3.8, 4) is 5.75 Å². The van der Waals surface area contributed by atoms with Gasteiger partial charge >= 0.3 is 6.61 Å². The number of halogens is 3. The molecule has 0 spiro atoms. The van der Waals surface area contributed by atoms with Gasteiger partial charge in [0.05, 0.1) is 6.54 Å². The van der Waals surface area contributed by atoms with E-state index in [1.807, 2.05) is 11.8 Å². The van der Waals surface area contributed by atoms with E-state index >= 15 is 0 Å². The van der Waals surface area contributed by atoms with Gasteiger partial charge in [0.1, 0.15) is 5.75 Å². The molecule has 0 aliphatic heterocycles. The molecule has 0 bridgehead atoms. The Balaban J connectivity index is 1.86. The number of benzene rings is 2. The number of anilines is 1.